The van der Waals surface area contributed by atoms with Crippen molar-refractivity contribution < 1.29 is 14.8 Å². The smallest absolute Gasteiger partial charge is 0.295 e. The summed E-state index contributed by atoms with van der Waals surface area (Å²) in [5.41, 5.74) is 1.44. The molecule has 0 saturated carbocycles. The molecule has 33 heavy (non-hydrogen) atoms. The average Bonchev–Trinajstić information content (AvgIpc) is 2.83. The van der Waals surface area contributed by atoms with Crippen molar-refractivity contribution in [2.75, 3.05) is 50.7 Å². The second kappa shape index (κ2) is 10.1. The number of benzene rings is 2. The summed E-state index contributed by atoms with van der Waals surface area (Å²) < 4.78 is 6.38. The number of rotatable bonds is 9. The fourth-order valence-corrected chi connectivity index (χ4v) is 3.36. The quantitative estimate of drug-likeness (QED) is 0.389. The van der Waals surface area contributed by atoms with Crippen LogP contribution in [-0.4, -0.2) is 60.7 Å². The van der Waals surface area contributed by atoms with Crippen molar-refractivity contribution in [3.05, 3.63) is 69.0 Å². The molecule has 0 radical (unpaired) electrons. The normalized spacial score (nSPS) is 10.7. The van der Waals surface area contributed by atoms with Crippen LogP contribution < -0.4 is 20.1 Å². The van der Waals surface area contributed by atoms with Crippen molar-refractivity contribution in [3.8, 4) is 22.7 Å². The van der Waals surface area contributed by atoms with E-state index in [4.69, 9.17) is 4.74 Å². The minimum Gasteiger partial charge on any atom is -0.497 e. The summed E-state index contributed by atoms with van der Waals surface area (Å²) in [5, 5.41) is 25.6. The predicted molar refractivity (Wildman–Crippen MR) is 128 cm³/mol. The highest BCUT2D eigenvalue weighted by Crippen LogP contribution is 2.29. The number of hydrogen-bond acceptors (Lipinski definition) is 8. The number of methoxy groups -OCH3 is 1. The van der Waals surface area contributed by atoms with Gasteiger partial charge in [0.05, 0.1) is 24.3 Å². The van der Waals surface area contributed by atoms with Gasteiger partial charge in [0.25, 0.3) is 11.2 Å². The van der Waals surface area contributed by atoms with Gasteiger partial charge in [0.15, 0.2) is 0 Å². The number of aromatic nitrogens is 2. The SMILES string of the molecule is CCN(C)c1cc(-c2cccc(OC)c2)nn(-c2cc(N(C)CCO)ccc2[N+](=O)[O-])c1=O. The van der Waals surface area contributed by atoms with E-state index in [1.165, 1.54) is 12.1 Å². The Morgan fingerprint density at radius 2 is 1.91 bits per heavy atom. The van der Waals surface area contributed by atoms with Crippen LogP contribution in [0.1, 0.15) is 6.92 Å². The van der Waals surface area contributed by atoms with Crippen LogP contribution in [0, 0.1) is 10.1 Å². The van der Waals surface area contributed by atoms with E-state index in [2.05, 4.69) is 5.10 Å². The third-order valence-corrected chi connectivity index (χ3v) is 5.40. The molecular weight excluding hydrogens is 426 g/mol. The minimum absolute atomic E-state index is 0.0442. The fraction of sp³-hybridized carbons (Fsp3) is 0.304. The zero-order chi connectivity index (χ0) is 24.1. The minimum atomic E-state index is -0.541. The first kappa shape index (κ1) is 23.7. The number of aliphatic hydroxyl groups is 1. The molecule has 0 aliphatic heterocycles. The van der Waals surface area contributed by atoms with Gasteiger partial charge in [-0.2, -0.15) is 9.78 Å². The Morgan fingerprint density at radius 3 is 2.55 bits per heavy atom. The predicted octanol–water partition coefficient (Wildman–Crippen LogP) is 2.70. The molecule has 1 aromatic heterocycles. The van der Waals surface area contributed by atoms with Crippen LogP contribution in [0.4, 0.5) is 17.1 Å². The van der Waals surface area contributed by atoms with Crippen LogP contribution >= 0.6 is 0 Å². The molecule has 1 N–H and O–H groups in total. The summed E-state index contributed by atoms with van der Waals surface area (Å²) in [6, 6.07) is 13.3. The van der Waals surface area contributed by atoms with Gasteiger partial charge >= 0.3 is 0 Å². The third-order valence-electron chi connectivity index (χ3n) is 5.40. The van der Waals surface area contributed by atoms with Gasteiger partial charge in [-0.1, -0.05) is 12.1 Å². The maximum atomic E-state index is 13.4. The standard InChI is InChI=1S/C23H27N5O5/c1-5-25(2)22-15-19(16-7-6-8-18(13-16)33-4)24-27(23(22)30)21-14-17(26(3)11-12-29)9-10-20(21)28(31)32/h6-10,13-15,29H,5,11-12H2,1-4H3. The van der Waals surface area contributed by atoms with Gasteiger partial charge in [-0.3, -0.25) is 14.9 Å². The monoisotopic (exact) mass is 453 g/mol. The Hall–Kier alpha value is -3.92. The van der Waals surface area contributed by atoms with E-state index in [-0.39, 0.29) is 18.0 Å². The van der Waals surface area contributed by atoms with Crippen LogP contribution in [0.5, 0.6) is 5.75 Å². The first-order valence-electron chi connectivity index (χ1n) is 10.4. The zero-order valence-electron chi connectivity index (χ0n) is 19.1. The Bertz CT molecular complexity index is 1210. The Balaban J connectivity index is 2.32. The number of ether oxygens (including phenoxy) is 1. The average molecular weight is 453 g/mol. The van der Waals surface area contributed by atoms with Gasteiger partial charge < -0.3 is 19.6 Å². The molecule has 3 aromatic rings. The van der Waals surface area contributed by atoms with Crippen molar-refractivity contribution >= 4 is 17.1 Å². The molecule has 3 rings (SSSR count). The molecule has 2 aromatic carbocycles. The molecule has 0 fully saturated rings. The zero-order valence-corrected chi connectivity index (χ0v) is 19.1. The molecule has 0 spiro atoms. The van der Waals surface area contributed by atoms with Crippen molar-refractivity contribution in [1.29, 1.82) is 0 Å². The lowest BCUT2D eigenvalue weighted by Crippen LogP contribution is -2.31. The first-order valence-corrected chi connectivity index (χ1v) is 10.4. The fourth-order valence-electron chi connectivity index (χ4n) is 3.36. The molecule has 0 bridgehead atoms. The molecule has 10 nitrogen and oxygen atoms in total. The van der Waals surface area contributed by atoms with E-state index in [0.717, 1.165) is 4.68 Å². The molecule has 0 amide bonds. The van der Waals surface area contributed by atoms with Crippen LogP contribution in [0.2, 0.25) is 0 Å². The van der Waals surface area contributed by atoms with Gasteiger partial charge in [-0.05, 0) is 37.3 Å². The number of anilines is 2. The second-order valence-corrected chi connectivity index (χ2v) is 7.45. The lowest BCUT2D eigenvalue weighted by molar-refractivity contribution is -0.384. The maximum Gasteiger partial charge on any atom is 0.295 e. The van der Waals surface area contributed by atoms with E-state index in [1.54, 1.807) is 61.3 Å². The summed E-state index contributed by atoms with van der Waals surface area (Å²) in [7, 11) is 5.08. The summed E-state index contributed by atoms with van der Waals surface area (Å²) >= 11 is 0. The van der Waals surface area contributed by atoms with Gasteiger partial charge in [-0.25, -0.2) is 0 Å². The van der Waals surface area contributed by atoms with E-state index >= 15 is 0 Å². The summed E-state index contributed by atoms with van der Waals surface area (Å²) in [5.74, 6) is 0.621. The number of likely N-dealkylation sites (N-methyl/N-ethyl adjacent to an activating group) is 1. The van der Waals surface area contributed by atoms with Crippen molar-refractivity contribution in [2.24, 2.45) is 0 Å². The number of nitrogens with zero attached hydrogens (tertiary/aromatic N) is 5. The Morgan fingerprint density at radius 1 is 1.15 bits per heavy atom. The van der Waals surface area contributed by atoms with Gasteiger partial charge in [0.2, 0.25) is 0 Å². The highest BCUT2D eigenvalue weighted by atomic mass is 16.6. The number of hydrogen-bond donors (Lipinski definition) is 1. The van der Waals surface area contributed by atoms with Crippen LogP contribution in [-0.2, 0) is 0 Å². The van der Waals surface area contributed by atoms with E-state index in [9.17, 15) is 20.0 Å². The van der Waals surface area contributed by atoms with E-state index in [0.29, 0.717) is 41.5 Å². The van der Waals surface area contributed by atoms with Crippen molar-refractivity contribution in [2.45, 2.75) is 6.92 Å². The first-order chi connectivity index (χ1) is 15.8. The van der Waals surface area contributed by atoms with E-state index < -0.39 is 10.5 Å². The molecule has 10 heteroatoms. The van der Waals surface area contributed by atoms with Crippen LogP contribution in [0.25, 0.3) is 16.9 Å². The van der Waals surface area contributed by atoms with Crippen LogP contribution in [0.3, 0.4) is 0 Å². The molecular formula is C23H27N5O5. The summed E-state index contributed by atoms with van der Waals surface area (Å²) in [6.45, 7) is 2.70. The highest BCUT2D eigenvalue weighted by Gasteiger charge is 2.22. The number of nitro benzene ring substituents is 1. The highest BCUT2D eigenvalue weighted by molar-refractivity contribution is 5.67. The summed E-state index contributed by atoms with van der Waals surface area (Å²) in [4.78, 5) is 28.2. The number of aliphatic hydroxyl groups excluding tert-OH is 1. The largest absolute Gasteiger partial charge is 0.497 e. The Kier molecular flexibility index (Phi) is 7.29. The van der Waals surface area contributed by atoms with E-state index in [1.807, 2.05) is 13.0 Å². The van der Waals surface area contributed by atoms with Crippen LogP contribution in [0.15, 0.2) is 53.3 Å². The lowest BCUT2D eigenvalue weighted by Gasteiger charge is -2.21. The molecule has 174 valence electrons. The van der Waals surface area contributed by atoms with Crippen molar-refractivity contribution in [1.82, 2.24) is 9.78 Å². The Labute approximate surface area is 191 Å². The molecule has 0 atom stereocenters. The molecule has 0 saturated heterocycles. The van der Waals surface area contributed by atoms with Gasteiger partial charge in [0, 0.05) is 44.5 Å². The maximum absolute atomic E-state index is 13.4. The molecule has 0 aliphatic rings. The van der Waals surface area contributed by atoms with Gasteiger partial charge in [-0.15, -0.1) is 0 Å². The lowest BCUT2D eigenvalue weighted by atomic mass is 10.1. The van der Waals surface area contributed by atoms with Gasteiger partial charge in [0.1, 0.15) is 17.1 Å². The second-order valence-electron chi connectivity index (χ2n) is 7.45. The molecule has 0 unspecified atom stereocenters. The topological polar surface area (TPSA) is 114 Å². The van der Waals surface area contributed by atoms with Crippen molar-refractivity contribution in [3.63, 3.8) is 0 Å². The summed E-state index contributed by atoms with van der Waals surface area (Å²) in [6.07, 6.45) is 0. The third kappa shape index (κ3) is 4.96. The number of nitro groups is 1. The molecule has 0 aliphatic carbocycles. The molecule has 1 heterocycles.